The van der Waals surface area contributed by atoms with Crippen LogP contribution in [0.4, 0.5) is 55.8 Å². The third-order valence-corrected chi connectivity index (χ3v) is 14.5. The lowest BCUT2D eigenvalue weighted by atomic mass is 9.83. The summed E-state index contributed by atoms with van der Waals surface area (Å²) >= 11 is 0. The molecule has 0 spiro atoms. The van der Waals surface area contributed by atoms with Gasteiger partial charge < -0.3 is 9.47 Å². The zero-order valence-electron chi connectivity index (χ0n) is 38.4. The van der Waals surface area contributed by atoms with Crippen molar-refractivity contribution < 1.29 is 70.2 Å². The molecule has 14 nitrogen and oxygen atoms in total. The minimum Gasteiger partial charge on any atom is -0.493 e. The summed E-state index contributed by atoms with van der Waals surface area (Å²) in [6.07, 6.45) is -3.35. The fraction of sp³-hybridized carbons (Fsp3) is 0.160. The van der Waals surface area contributed by atoms with Crippen LogP contribution >= 0.6 is 0 Å². The fourth-order valence-corrected chi connectivity index (χ4v) is 10.3. The third kappa shape index (κ3) is 11.7. The van der Waals surface area contributed by atoms with Crippen molar-refractivity contribution in [2.24, 2.45) is 0 Å². The number of anilines is 2. The highest BCUT2D eigenvalue weighted by atomic mass is 32.2. The summed E-state index contributed by atoms with van der Waals surface area (Å²) in [5, 5.41) is 0. The number of hydrogen-bond donors (Lipinski definition) is 2. The van der Waals surface area contributed by atoms with Crippen LogP contribution in [0.1, 0.15) is 58.1 Å². The molecule has 0 aliphatic carbocycles. The maximum Gasteiger partial charge on any atom is 0.416 e. The minimum atomic E-state index is -4.61. The standard InChI is InChI=1S/2C25H17F5N4O3S/c2*26-15-2-6-22(31-11-15)21-9-14(25(28,29)30)1-4-18(21)19-7-8-37-23-10-17(3-5-20(19)23)38(35,36)34-24-32-12-16(27)13-33-24/h2*1-6,9-13,19H,7-8H2,(H,32,33,34)/t2*19-/m10/s1. The number of benzene rings is 4. The first kappa shape index (κ1) is 52.6. The van der Waals surface area contributed by atoms with E-state index in [2.05, 4.69) is 39.3 Å². The normalized spacial score (nSPS) is 15.4. The van der Waals surface area contributed by atoms with Gasteiger partial charge in [0, 0.05) is 46.2 Å². The van der Waals surface area contributed by atoms with Crippen LogP contribution in [0.15, 0.2) is 144 Å². The van der Waals surface area contributed by atoms with Crippen LogP contribution in [0, 0.1) is 23.3 Å². The van der Waals surface area contributed by atoms with E-state index in [9.17, 15) is 60.7 Å². The summed E-state index contributed by atoms with van der Waals surface area (Å²) < 4.78 is 201. The second kappa shape index (κ2) is 20.8. The van der Waals surface area contributed by atoms with Gasteiger partial charge in [-0.3, -0.25) is 9.97 Å². The van der Waals surface area contributed by atoms with Crippen LogP contribution < -0.4 is 18.9 Å². The van der Waals surface area contributed by atoms with Crippen molar-refractivity contribution in [2.75, 3.05) is 22.7 Å². The number of fused-ring (bicyclic) bond motifs is 2. The smallest absolute Gasteiger partial charge is 0.416 e. The molecule has 0 fully saturated rings. The summed E-state index contributed by atoms with van der Waals surface area (Å²) in [6.45, 7) is 0.319. The molecule has 10 rings (SSSR count). The molecule has 8 aromatic rings. The van der Waals surface area contributed by atoms with Crippen LogP contribution in [0.25, 0.3) is 22.5 Å². The van der Waals surface area contributed by atoms with Crippen LogP contribution in [0.5, 0.6) is 11.5 Å². The van der Waals surface area contributed by atoms with Crippen molar-refractivity contribution in [3.8, 4) is 34.0 Å². The Balaban J connectivity index is 0.000000186. The molecule has 6 heterocycles. The first-order chi connectivity index (χ1) is 36.0. The zero-order chi connectivity index (χ0) is 54.2. The van der Waals surface area contributed by atoms with Gasteiger partial charge in [0.25, 0.3) is 20.0 Å². The number of halogens is 10. The van der Waals surface area contributed by atoms with Gasteiger partial charge in [-0.2, -0.15) is 26.3 Å². The quantitative estimate of drug-likeness (QED) is 0.124. The van der Waals surface area contributed by atoms with Gasteiger partial charge in [0.15, 0.2) is 11.6 Å². The highest BCUT2D eigenvalue weighted by Crippen LogP contribution is 2.46. The number of aromatic nitrogens is 6. The number of sulfonamides is 2. The maximum absolute atomic E-state index is 13.5. The Bertz CT molecular complexity index is 3430. The van der Waals surface area contributed by atoms with E-state index in [1.54, 1.807) is 0 Å². The van der Waals surface area contributed by atoms with Gasteiger partial charge in [0.1, 0.15) is 23.1 Å². The Labute approximate surface area is 425 Å². The predicted octanol–water partition coefficient (Wildman–Crippen LogP) is 11.1. The third-order valence-electron chi connectivity index (χ3n) is 11.9. The Morgan fingerprint density at radius 2 is 0.789 bits per heavy atom. The van der Waals surface area contributed by atoms with Crippen LogP contribution in [0.2, 0.25) is 0 Å². The summed E-state index contributed by atoms with van der Waals surface area (Å²) in [5.41, 5.74) is 0.980. The van der Waals surface area contributed by atoms with E-state index < -0.39 is 78.6 Å². The van der Waals surface area contributed by atoms with E-state index in [1.807, 2.05) is 0 Å². The molecule has 2 aliphatic heterocycles. The second-order valence-corrected chi connectivity index (χ2v) is 20.1. The van der Waals surface area contributed by atoms with Crippen LogP contribution in [-0.2, 0) is 32.4 Å². The van der Waals surface area contributed by atoms with Crippen molar-refractivity contribution >= 4 is 31.9 Å². The molecule has 0 unspecified atom stereocenters. The molecule has 0 amide bonds. The molecule has 2 N–H and O–H groups in total. The molecule has 2 aliphatic rings. The van der Waals surface area contributed by atoms with Gasteiger partial charge in [-0.05, 0) is 84.6 Å². The first-order valence-electron chi connectivity index (χ1n) is 22.2. The summed E-state index contributed by atoms with van der Waals surface area (Å²) in [5.74, 6) is -3.88. The van der Waals surface area contributed by atoms with E-state index in [0.29, 0.717) is 35.1 Å². The van der Waals surface area contributed by atoms with Gasteiger partial charge in [0.2, 0.25) is 11.9 Å². The Morgan fingerprint density at radius 3 is 1.13 bits per heavy atom. The number of nitrogens with zero attached hydrogens (tertiary/aromatic N) is 6. The molecule has 4 aromatic heterocycles. The lowest BCUT2D eigenvalue weighted by Crippen LogP contribution is -2.19. The molecule has 76 heavy (non-hydrogen) atoms. The Hall–Kier alpha value is -8.26. The van der Waals surface area contributed by atoms with Crippen LogP contribution in [0.3, 0.4) is 0 Å². The van der Waals surface area contributed by atoms with Gasteiger partial charge in [-0.1, -0.05) is 24.3 Å². The topological polar surface area (TPSA) is 188 Å². The number of pyridine rings is 2. The van der Waals surface area contributed by atoms with E-state index in [-0.39, 0.29) is 68.9 Å². The molecule has 4 aromatic carbocycles. The van der Waals surface area contributed by atoms with Gasteiger partial charge in [0.05, 0.1) is 82.7 Å². The molecule has 392 valence electrons. The van der Waals surface area contributed by atoms with Crippen molar-refractivity contribution in [3.05, 3.63) is 191 Å². The number of alkyl halides is 6. The molecule has 26 heteroatoms. The average Bonchev–Trinajstić information content (AvgIpc) is 3.40. The SMILES string of the molecule is O=S(=O)(Nc1ncc(F)cn1)c1ccc2c(c1)OCC[C@@H]2c1ccc(C(F)(F)F)cc1-c1ccc(F)cn1.O=S(=O)(Nc1ncc(F)cn1)c1ccc2c(c1)OCC[C@H]2c1ccc(C(F)(F)F)cc1-c1ccc(F)cn1. The van der Waals surface area contributed by atoms with Crippen molar-refractivity contribution in [2.45, 2.75) is 46.8 Å². The van der Waals surface area contributed by atoms with E-state index in [4.69, 9.17) is 9.47 Å². The summed E-state index contributed by atoms with van der Waals surface area (Å²) in [7, 11) is -8.33. The van der Waals surface area contributed by atoms with E-state index >= 15 is 0 Å². The molecule has 2 atom stereocenters. The first-order valence-corrected chi connectivity index (χ1v) is 25.2. The minimum absolute atomic E-state index is 0.156. The predicted molar refractivity (Wildman–Crippen MR) is 252 cm³/mol. The lowest BCUT2D eigenvalue weighted by molar-refractivity contribution is -0.138. The molecule has 0 bridgehead atoms. The Morgan fingerprint density at radius 1 is 0.434 bits per heavy atom. The zero-order valence-corrected chi connectivity index (χ0v) is 40.0. The molecular formula is C50H34F10N8O6S2. The number of rotatable bonds is 10. The molecule has 0 saturated heterocycles. The van der Waals surface area contributed by atoms with E-state index in [0.717, 1.165) is 73.6 Å². The van der Waals surface area contributed by atoms with Crippen molar-refractivity contribution in [1.29, 1.82) is 0 Å². The number of ether oxygens (including phenoxy) is 2. The van der Waals surface area contributed by atoms with Crippen molar-refractivity contribution in [1.82, 2.24) is 29.9 Å². The van der Waals surface area contributed by atoms with E-state index in [1.165, 1.54) is 60.7 Å². The Kier molecular flexibility index (Phi) is 14.4. The summed E-state index contributed by atoms with van der Waals surface area (Å²) in [4.78, 5) is 21.9. The average molecular weight is 1100 g/mol. The number of nitrogens with one attached hydrogen (secondary N) is 2. The van der Waals surface area contributed by atoms with Gasteiger partial charge in [-0.25, -0.2) is 63.8 Å². The molecule has 0 saturated carbocycles. The van der Waals surface area contributed by atoms with Crippen LogP contribution in [-0.4, -0.2) is 60.0 Å². The van der Waals surface area contributed by atoms with Crippen molar-refractivity contribution in [3.63, 3.8) is 0 Å². The highest BCUT2D eigenvalue weighted by molar-refractivity contribution is 7.93. The molecule has 0 radical (unpaired) electrons. The monoisotopic (exact) mass is 1100 g/mol. The summed E-state index contributed by atoms with van der Waals surface area (Å²) in [6, 6.07) is 19.6. The highest BCUT2D eigenvalue weighted by Gasteiger charge is 2.36. The van der Waals surface area contributed by atoms with Gasteiger partial charge in [-0.15, -0.1) is 0 Å². The lowest BCUT2D eigenvalue weighted by Gasteiger charge is -2.28. The number of hydrogen-bond acceptors (Lipinski definition) is 12. The largest absolute Gasteiger partial charge is 0.493 e. The fourth-order valence-electron chi connectivity index (χ4n) is 8.40. The van der Waals surface area contributed by atoms with Gasteiger partial charge >= 0.3 is 12.4 Å². The molecular weight excluding hydrogens is 1060 g/mol. The second-order valence-electron chi connectivity index (χ2n) is 16.8. The maximum atomic E-state index is 13.5.